The molecule has 0 spiro atoms. The van der Waals surface area contributed by atoms with E-state index in [2.05, 4.69) is 22.2 Å². The van der Waals surface area contributed by atoms with E-state index >= 15 is 0 Å². The van der Waals surface area contributed by atoms with Crippen LogP contribution in [-0.4, -0.2) is 17.4 Å². The Morgan fingerprint density at radius 2 is 1.95 bits per heavy atom. The van der Waals surface area contributed by atoms with Gasteiger partial charge in [-0.2, -0.15) is 0 Å². The molecule has 1 heterocycles. The van der Waals surface area contributed by atoms with Gasteiger partial charge < -0.3 is 10.6 Å². The third-order valence-electron chi connectivity index (χ3n) is 2.62. The Morgan fingerprint density at radius 3 is 2.57 bits per heavy atom. The van der Waals surface area contributed by atoms with Gasteiger partial charge in [0.05, 0.1) is 21.9 Å². The molecule has 2 aromatic rings. The van der Waals surface area contributed by atoms with Gasteiger partial charge in [0.2, 0.25) is 0 Å². The van der Waals surface area contributed by atoms with Crippen LogP contribution in [0.5, 0.6) is 0 Å². The maximum absolute atomic E-state index is 12.0. The predicted molar refractivity (Wildman–Crippen MR) is 87.3 cm³/mol. The van der Waals surface area contributed by atoms with Gasteiger partial charge >= 0.3 is 0 Å². The maximum Gasteiger partial charge on any atom is 0.274 e. The highest BCUT2D eigenvalue weighted by atomic mass is 35.5. The zero-order valence-electron chi connectivity index (χ0n) is 11.1. The average Bonchev–Trinajstić information content (AvgIpc) is 2.49. The third-order valence-corrected chi connectivity index (χ3v) is 3.36. The number of amides is 1. The smallest absolute Gasteiger partial charge is 0.274 e. The quantitative estimate of drug-likeness (QED) is 0.810. The molecule has 0 saturated carbocycles. The van der Waals surface area contributed by atoms with Crippen LogP contribution in [0.3, 0.4) is 0 Å². The summed E-state index contributed by atoms with van der Waals surface area (Å²) in [6.45, 7) is 4.25. The van der Waals surface area contributed by atoms with Crippen LogP contribution in [0.1, 0.15) is 10.5 Å². The van der Waals surface area contributed by atoms with Crippen LogP contribution in [0.2, 0.25) is 10.0 Å². The molecule has 1 aromatic carbocycles. The second kappa shape index (κ2) is 7.11. The lowest BCUT2D eigenvalue weighted by atomic mass is 10.3. The second-order valence-corrected chi connectivity index (χ2v) is 5.00. The highest BCUT2D eigenvalue weighted by Crippen LogP contribution is 2.25. The number of carbonyl (C=O) groups is 1. The Balaban J connectivity index is 2.05. The lowest BCUT2D eigenvalue weighted by Gasteiger charge is -2.07. The lowest BCUT2D eigenvalue weighted by molar-refractivity contribution is 0.102. The Hall–Kier alpha value is -2.04. The van der Waals surface area contributed by atoms with Gasteiger partial charge in [0, 0.05) is 12.2 Å². The van der Waals surface area contributed by atoms with E-state index in [-0.39, 0.29) is 5.91 Å². The molecule has 1 aromatic heterocycles. The number of anilines is 2. The summed E-state index contributed by atoms with van der Waals surface area (Å²) in [6.07, 6.45) is 3.33. The molecular weight excluding hydrogens is 309 g/mol. The summed E-state index contributed by atoms with van der Waals surface area (Å²) >= 11 is 11.7. The number of hydrogen-bond donors (Lipinski definition) is 2. The van der Waals surface area contributed by atoms with Crippen LogP contribution in [0.15, 0.2) is 49.2 Å². The van der Waals surface area contributed by atoms with Crippen molar-refractivity contribution in [3.8, 4) is 0 Å². The Kier molecular flexibility index (Phi) is 5.20. The van der Waals surface area contributed by atoms with Crippen molar-refractivity contribution in [1.82, 2.24) is 4.98 Å². The lowest BCUT2D eigenvalue weighted by Crippen LogP contribution is -2.13. The molecule has 0 unspecified atom stereocenters. The monoisotopic (exact) mass is 321 g/mol. The molecule has 0 radical (unpaired) electrons. The standard InChI is InChI=1S/C15H13Cl2N3O/c1-2-7-18-11-4-6-14(19-9-11)15(21)20-10-3-5-12(16)13(17)8-10/h2-6,8-9,18H,1,7H2,(H,20,21). The first-order chi connectivity index (χ1) is 10.1. The van der Waals surface area contributed by atoms with Crippen molar-refractivity contribution >= 4 is 40.5 Å². The first kappa shape index (κ1) is 15.4. The van der Waals surface area contributed by atoms with Gasteiger partial charge in [0.15, 0.2) is 0 Å². The topological polar surface area (TPSA) is 54.0 Å². The Morgan fingerprint density at radius 1 is 1.19 bits per heavy atom. The van der Waals surface area contributed by atoms with E-state index in [1.165, 1.54) is 0 Å². The number of benzene rings is 1. The van der Waals surface area contributed by atoms with Gasteiger partial charge in [-0.15, -0.1) is 6.58 Å². The largest absolute Gasteiger partial charge is 0.380 e. The van der Waals surface area contributed by atoms with Crippen LogP contribution < -0.4 is 10.6 Å². The molecule has 0 aliphatic rings. The molecule has 4 nitrogen and oxygen atoms in total. The van der Waals surface area contributed by atoms with E-state index < -0.39 is 0 Å². The maximum atomic E-state index is 12.0. The first-order valence-corrected chi connectivity index (χ1v) is 6.93. The Labute approximate surface area is 132 Å². The number of hydrogen-bond acceptors (Lipinski definition) is 3. The fourth-order valence-corrected chi connectivity index (χ4v) is 1.89. The van der Waals surface area contributed by atoms with Gasteiger partial charge in [-0.05, 0) is 30.3 Å². The summed E-state index contributed by atoms with van der Waals surface area (Å²) in [5, 5.41) is 6.60. The molecule has 2 N–H and O–H groups in total. The molecular formula is C15H13Cl2N3O. The molecule has 21 heavy (non-hydrogen) atoms. The predicted octanol–water partition coefficient (Wildman–Crippen LogP) is 4.24. The van der Waals surface area contributed by atoms with Gasteiger partial charge in [-0.1, -0.05) is 29.3 Å². The summed E-state index contributed by atoms with van der Waals surface area (Å²) < 4.78 is 0. The van der Waals surface area contributed by atoms with Crippen LogP contribution in [0.25, 0.3) is 0 Å². The minimum atomic E-state index is -0.316. The van der Waals surface area contributed by atoms with E-state index in [0.29, 0.717) is 28.0 Å². The van der Waals surface area contributed by atoms with Crippen LogP contribution in [0, 0.1) is 0 Å². The van der Waals surface area contributed by atoms with Crippen molar-refractivity contribution in [3.05, 3.63) is 64.9 Å². The van der Waals surface area contributed by atoms with Crippen molar-refractivity contribution in [2.24, 2.45) is 0 Å². The molecule has 0 fully saturated rings. The number of nitrogens with one attached hydrogen (secondary N) is 2. The highest BCUT2D eigenvalue weighted by molar-refractivity contribution is 6.42. The van der Waals surface area contributed by atoms with Crippen LogP contribution in [-0.2, 0) is 0 Å². The minimum absolute atomic E-state index is 0.310. The number of pyridine rings is 1. The minimum Gasteiger partial charge on any atom is -0.380 e. The van der Waals surface area contributed by atoms with E-state index in [1.54, 1.807) is 42.6 Å². The molecule has 0 saturated heterocycles. The molecule has 1 amide bonds. The molecule has 0 aliphatic heterocycles. The summed E-state index contributed by atoms with van der Waals surface area (Å²) in [5.41, 5.74) is 1.69. The summed E-state index contributed by atoms with van der Waals surface area (Å²) in [6, 6.07) is 8.29. The molecule has 108 valence electrons. The van der Waals surface area contributed by atoms with Gasteiger partial charge in [0.1, 0.15) is 5.69 Å². The molecule has 6 heteroatoms. The van der Waals surface area contributed by atoms with Gasteiger partial charge in [-0.25, -0.2) is 4.98 Å². The molecule has 0 bridgehead atoms. The summed E-state index contributed by atoms with van der Waals surface area (Å²) in [4.78, 5) is 16.1. The van der Waals surface area contributed by atoms with Crippen LogP contribution >= 0.6 is 23.2 Å². The van der Waals surface area contributed by atoms with E-state index in [4.69, 9.17) is 23.2 Å². The zero-order chi connectivity index (χ0) is 15.2. The fraction of sp³-hybridized carbons (Fsp3) is 0.0667. The Bertz CT molecular complexity index is 656. The number of nitrogens with zero attached hydrogens (tertiary/aromatic N) is 1. The number of halogens is 2. The van der Waals surface area contributed by atoms with Crippen molar-refractivity contribution in [2.45, 2.75) is 0 Å². The van der Waals surface area contributed by atoms with E-state index in [0.717, 1.165) is 5.69 Å². The third kappa shape index (κ3) is 4.21. The number of rotatable bonds is 5. The summed E-state index contributed by atoms with van der Waals surface area (Å²) in [5.74, 6) is -0.316. The van der Waals surface area contributed by atoms with Crippen molar-refractivity contribution in [1.29, 1.82) is 0 Å². The van der Waals surface area contributed by atoms with E-state index in [1.807, 2.05) is 0 Å². The molecule has 0 atom stereocenters. The SMILES string of the molecule is C=CCNc1ccc(C(=O)Nc2ccc(Cl)c(Cl)c2)nc1. The van der Waals surface area contributed by atoms with Crippen molar-refractivity contribution in [2.75, 3.05) is 17.2 Å². The normalized spacial score (nSPS) is 10.0. The highest BCUT2D eigenvalue weighted by Gasteiger charge is 2.08. The van der Waals surface area contributed by atoms with Crippen molar-refractivity contribution < 1.29 is 4.79 Å². The zero-order valence-corrected chi connectivity index (χ0v) is 12.6. The number of aromatic nitrogens is 1. The first-order valence-electron chi connectivity index (χ1n) is 6.17. The average molecular weight is 322 g/mol. The van der Waals surface area contributed by atoms with Gasteiger partial charge in [-0.3, -0.25) is 4.79 Å². The van der Waals surface area contributed by atoms with Gasteiger partial charge in [0.25, 0.3) is 5.91 Å². The second-order valence-electron chi connectivity index (χ2n) is 4.18. The van der Waals surface area contributed by atoms with E-state index in [9.17, 15) is 4.79 Å². The number of carbonyl (C=O) groups excluding carboxylic acids is 1. The molecule has 0 aliphatic carbocycles. The fourth-order valence-electron chi connectivity index (χ4n) is 1.59. The summed E-state index contributed by atoms with van der Waals surface area (Å²) in [7, 11) is 0. The van der Waals surface area contributed by atoms with Crippen LogP contribution in [0.4, 0.5) is 11.4 Å². The molecule has 2 rings (SSSR count). The van der Waals surface area contributed by atoms with Crippen molar-refractivity contribution in [3.63, 3.8) is 0 Å².